The molecule has 2 rings (SSSR count). The van der Waals surface area contributed by atoms with Crippen molar-refractivity contribution in [3.63, 3.8) is 0 Å². The maximum atomic E-state index is 5.84. The SMILES string of the molecule is CCNCC(C)(CC)Cc1cc(Br)cc2c1OCC2. The van der Waals surface area contributed by atoms with Gasteiger partial charge in [0.2, 0.25) is 0 Å². The van der Waals surface area contributed by atoms with Gasteiger partial charge < -0.3 is 10.1 Å². The monoisotopic (exact) mass is 325 g/mol. The second-order valence-electron chi connectivity index (χ2n) is 5.77. The van der Waals surface area contributed by atoms with E-state index in [0.717, 1.165) is 38.3 Å². The van der Waals surface area contributed by atoms with Crippen LogP contribution in [0.2, 0.25) is 0 Å². The average molecular weight is 326 g/mol. The summed E-state index contributed by atoms with van der Waals surface area (Å²) in [6.45, 7) is 9.71. The third kappa shape index (κ3) is 3.51. The van der Waals surface area contributed by atoms with Crippen LogP contribution in [0.3, 0.4) is 0 Å². The lowest BCUT2D eigenvalue weighted by atomic mass is 9.80. The number of hydrogen-bond acceptors (Lipinski definition) is 2. The Hall–Kier alpha value is -0.540. The molecule has 1 N–H and O–H groups in total. The van der Waals surface area contributed by atoms with E-state index in [2.05, 4.69) is 54.2 Å². The first-order chi connectivity index (χ1) is 9.08. The van der Waals surface area contributed by atoms with Crippen LogP contribution in [-0.4, -0.2) is 19.7 Å². The molecule has 0 radical (unpaired) electrons. The van der Waals surface area contributed by atoms with Gasteiger partial charge in [0.1, 0.15) is 5.75 Å². The van der Waals surface area contributed by atoms with E-state index in [0.29, 0.717) is 0 Å². The van der Waals surface area contributed by atoms with Crippen LogP contribution in [0.25, 0.3) is 0 Å². The van der Waals surface area contributed by atoms with Crippen LogP contribution in [0.15, 0.2) is 16.6 Å². The largest absolute Gasteiger partial charge is 0.493 e. The first-order valence-electron chi connectivity index (χ1n) is 7.23. The van der Waals surface area contributed by atoms with Gasteiger partial charge in [-0.15, -0.1) is 0 Å². The Labute approximate surface area is 125 Å². The molecule has 1 aromatic rings. The van der Waals surface area contributed by atoms with E-state index >= 15 is 0 Å². The van der Waals surface area contributed by atoms with Crippen molar-refractivity contribution in [2.45, 2.75) is 40.0 Å². The third-order valence-corrected chi connectivity index (χ3v) is 4.56. The summed E-state index contributed by atoms with van der Waals surface area (Å²) in [5.41, 5.74) is 2.99. The zero-order valence-electron chi connectivity index (χ0n) is 12.2. The van der Waals surface area contributed by atoms with E-state index in [1.807, 2.05) is 0 Å². The van der Waals surface area contributed by atoms with Gasteiger partial charge in [0, 0.05) is 17.4 Å². The normalized spacial score (nSPS) is 16.8. The summed E-state index contributed by atoms with van der Waals surface area (Å²) in [5.74, 6) is 1.14. The second-order valence-corrected chi connectivity index (χ2v) is 6.69. The highest BCUT2D eigenvalue weighted by molar-refractivity contribution is 9.10. The second kappa shape index (κ2) is 6.27. The van der Waals surface area contributed by atoms with Crippen molar-refractivity contribution in [3.8, 4) is 5.75 Å². The highest BCUT2D eigenvalue weighted by Gasteiger charge is 2.26. The number of halogens is 1. The van der Waals surface area contributed by atoms with Gasteiger partial charge in [-0.25, -0.2) is 0 Å². The van der Waals surface area contributed by atoms with E-state index in [9.17, 15) is 0 Å². The molecular weight excluding hydrogens is 302 g/mol. The Morgan fingerprint density at radius 1 is 1.37 bits per heavy atom. The number of hydrogen-bond donors (Lipinski definition) is 1. The summed E-state index contributed by atoms with van der Waals surface area (Å²) in [7, 11) is 0. The summed E-state index contributed by atoms with van der Waals surface area (Å²) < 4.78 is 7.01. The molecular formula is C16H24BrNO. The van der Waals surface area contributed by atoms with Crippen LogP contribution in [0, 0.1) is 5.41 Å². The van der Waals surface area contributed by atoms with E-state index in [-0.39, 0.29) is 5.41 Å². The smallest absolute Gasteiger partial charge is 0.125 e. The molecule has 0 aromatic heterocycles. The molecule has 0 fully saturated rings. The van der Waals surface area contributed by atoms with Crippen molar-refractivity contribution in [1.29, 1.82) is 0 Å². The van der Waals surface area contributed by atoms with Crippen molar-refractivity contribution < 1.29 is 4.74 Å². The first kappa shape index (κ1) is 14.9. The quantitative estimate of drug-likeness (QED) is 0.855. The topological polar surface area (TPSA) is 21.3 Å². The summed E-state index contributed by atoms with van der Waals surface area (Å²) >= 11 is 3.63. The molecule has 0 saturated heterocycles. The molecule has 1 unspecified atom stereocenters. The van der Waals surface area contributed by atoms with Gasteiger partial charge in [0.15, 0.2) is 0 Å². The lowest BCUT2D eigenvalue weighted by molar-refractivity contribution is 0.285. The van der Waals surface area contributed by atoms with E-state index in [4.69, 9.17) is 4.74 Å². The average Bonchev–Trinajstić information content (AvgIpc) is 2.84. The maximum Gasteiger partial charge on any atom is 0.125 e. The van der Waals surface area contributed by atoms with Crippen molar-refractivity contribution in [3.05, 3.63) is 27.7 Å². The maximum absolute atomic E-state index is 5.84. The summed E-state index contributed by atoms with van der Waals surface area (Å²) in [6.07, 6.45) is 3.28. The fourth-order valence-electron chi connectivity index (χ4n) is 2.68. The zero-order valence-corrected chi connectivity index (χ0v) is 13.8. The minimum atomic E-state index is 0.288. The van der Waals surface area contributed by atoms with Crippen LogP contribution >= 0.6 is 15.9 Å². The van der Waals surface area contributed by atoms with Crippen molar-refractivity contribution in [1.82, 2.24) is 5.32 Å². The molecule has 1 aliphatic rings. The number of nitrogens with one attached hydrogen (secondary N) is 1. The van der Waals surface area contributed by atoms with Crippen molar-refractivity contribution >= 4 is 15.9 Å². The van der Waals surface area contributed by atoms with E-state index < -0.39 is 0 Å². The lowest BCUT2D eigenvalue weighted by Crippen LogP contribution is -2.33. The molecule has 106 valence electrons. The first-order valence-corrected chi connectivity index (χ1v) is 8.02. The minimum absolute atomic E-state index is 0.288. The fraction of sp³-hybridized carbons (Fsp3) is 0.625. The number of fused-ring (bicyclic) bond motifs is 1. The molecule has 1 atom stereocenters. The van der Waals surface area contributed by atoms with Crippen molar-refractivity contribution in [2.75, 3.05) is 19.7 Å². The minimum Gasteiger partial charge on any atom is -0.493 e. The summed E-state index contributed by atoms with van der Waals surface area (Å²) in [4.78, 5) is 0. The molecule has 3 heteroatoms. The third-order valence-electron chi connectivity index (χ3n) is 4.10. The van der Waals surface area contributed by atoms with Crippen LogP contribution < -0.4 is 10.1 Å². The molecule has 0 spiro atoms. The van der Waals surface area contributed by atoms with Crippen molar-refractivity contribution in [2.24, 2.45) is 5.41 Å². The van der Waals surface area contributed by atoms with Crippen LogP contribution in [0.4, 0.5) is 0 Å². The molecule has 0 amide bonds. The summed E-state index contributed by atoms with van der Waals surface area (Å²) in [6, 6.07) is 4.42. The Kier molecular flexibility index (Phi) is 4.91. The van der Waals surface area contributed by atoms with Gasteiger partial charge in [0.25, 0.3) is 0 Å². The molecule has 1 aliphatic heterocycles. The summed E-state index contributed by atoms with van der Waals surface area (Å²) in [5, 5.41) is 3.49. The Morgan fingerprint density at radius 2 is 2.16 bits per heavy atom. The van der Waals surface area contributed by atoms with Crippen LogP contribution in [0.5, 0.6) is 5.75 Å². The van der Waals surface area contributed by atoms with Gasteiger partial charge in [-0.1, -0.05) is 36.7 Å². The predicted molar refractivity (Wildman–Crippen MR) is 84.0 cm³/mol. The van der Waals surface area contributed by atoms with Gasteiger partial charge in [0.05, 0.1) is 6.61 Å². The standard InChI is InChI=1S/C16H24BrNO/c1-4-16(3,11-18-5-2)10-13-9-14(17)8-12-6-7-19-15(12)13/h8-9,18H,4-7,10-11H2,1-3H3. The Bertz CT molecular complexity index is 447. The molecule has 19 heavy (non-hydrogen) atoms. The Balaban J connectivity index is 2.22. The Morgan fingerprint density at radius 3 is 2.84 bits per heavy atom. The van der Waals surface area contributed by atoms with Gasteiger partial charge in [-0.05, 0) is 48.1 Å². The fourth-order valence-corrected chi connectivity index (χ4v) is 3.23. The van der Waals surface area contributed by atoms with E-state index in [1.54, 1.807) is 0 Å². The molecule has 0 bridgehead atoms. The molecule has 1 heterocycles. The number of rotatable bonds is 6. The zero-order chi connectivity index (χ0) is 13.9. The molecule has 2 nitrogen and oxygen atoms in total. The highest BCUT2D eigenvalue weighted by Crippen LogP contribution is 2.37. The number of benzene rings is 1. The highest BCUT2D eigenvalue weighted by atomic mass is 79.9. The van der Waals surface area contributed by atoms with Gasteiger partial charge in [-0.3, -0.25) is 0 Å². The van der Waals surface area contributed by atoms with Gasteiger partial charge >= 0.3 is 0 Å². The molecule has 1 aromatic carbocycles. The predicted octanol–water partition coefficient (Wildman–Crippen LogP) is 3.95. The lowest BCUT2D eigenvalue weighted by Gasteiger charge is -2.29. The van der Waals surface area contributed by atoms with Gasteiger partial charge in [-0.2, -0.15) is 0 Å². The van der Waals surface area contributed by atoms with Crippen LogP contribution in [0.1, 0.15) is 38.3 Å². The molecule has 0 aliphatic carbocycles. The van der Waals surface area contributed by atoms with E-state index in [1.165, 1.54) is 22.0 Å². The van der Waals surface area contributed by atoms with Crippen LogP contribution in [-0.2, 0) is 12.8 Å². The number of ether oxygens (including phenoxy) is 1. The molecule has 0 saturated carbocycles.